The van der Waals surface area contributed by atoms with Crippen molar-refractivity contribution < 1.29 is 13.3 Å². The third-order valence-electron chi connectivity index (χ3n) is 3.58. The molecule has 0 atom stereocenters. The lowest BCUT2D eigenvalue weighted by Crippen LogP contribution is -2.25. The highest BCUT2D eigenvalue weighted by molar-refractivity contribution is 7.89. The van der Waals surface area contributed by atoms with E-state index in [4.69, 9.17) is 0 Å². The SMILES string of the molecule is CCn1cnnc1CNS(=O)(=O)c1cc(C)c(C)c([N+](=O)[O-])c1. The van der Waals surface area contributed by atoms with Crippen LogP contribution in [-0.4, -0.2) is 28.1 Å². The summed E-state index contributed by atoms with van der Waals surface area (Å²) in [7, 11) is -3.89. The molecule has 0 unspecified atom stereocenters. The highest BCUT2D eigenvalue weighted by atomic mass is 32.2. The summed E-state index contributed by atoms with van der Waals surface area (Å²) >= 11 is 0. The number of aryl methyl sites for hydroxylation is 2. The Morgan fingerprint density at radius 2 is 2.04 bits per heavy atom. The quantitative estimate of drug-likeness (QED) is 0.625. The van der Waals surface area contributed by atoms with E-state index in [2.05, 4.69) is 14.9 Å². The van der Waals surface area contributed by atoms with E-state index in [0.717, 1.165) is 6.07 Å². The molecule has 2 rings (SSSR count). The van der Waals surface area contributed by atoms with Crippen molar-refractivity contribution in [2.75, 3.05) is 0 Å². The number of sulfonamides is 1. The van der Waals surface area contributed by atoms with E-state index in [1.54, 1.807) is 18.4 Å². The molecule has 0 amide bonds. The van der Waals surface area contributed by atoms with Crippen molar-refractivity contribution in [1.29, 1.82) is 0 Å². The van der Waals surface area contributed by atoms with Crippen LogP contribution in [0.2, 0.25) is 0 Å². The topological polar surface area (TPSA) is 120 Å². The normalized spacial score (nSPS) is 11.6. The molecule has 1 aromatic carbocycles. The Labute approximate surface area is 133 Å². The van der Waals surface area contributed by atoms with E-state index >= 15 is 0 Å². The van der Waals surface area contributed by atoms with Gasteiger partial charge in [0.25, 0.3) is 5.69 Å². The van der Waals surface area contributed by atoms with Crippen molar-refractivity contribution in [3.63, 3.8) is 0 Å². The minimum atomic E-state index is -3.89. The molecule has 9 nitrogen and oxygen atoms in total. The molecule has 0 radical (unpaired) electrons. The minimum Gasteiger partial charge on any atom is -0.317 e. The van der Waals surface area contributed by atoms with Crippen molar-refractivity contribution in [3.8, 4) is 0 Å². The van der Waals surface area contributed by atoms with Gasteiger partial charge in [0, 0.05) is 18.2 Å². The van der Waals surface area contributed by atoms with E-state index in [1.807, 2.05) is 6.92 Å². The second-order valence-corrected chi connectivity index (χ2v) is 6.77. The predicted molar refractivity (Wildman–Crippen MR) is 82.3 cm³/mol. The highest BCUT2D eigenvalue weighted by Gasteiger charge is 2.22. The van der Waals surface area contributed by atoms with Crippen LogP contribution >= 0.6 is 0 Å². The molecular formula is C13H17N5O4S. The lowest BCUT2D eigenvalue weighted by atomic mass is 10.1. The molecule has 0 bridgehead atoms. The van der Waals surface area contributed by atoms with Crippen molar-refractivity contribution in [2.45, 2.75) is 38.8 Å². The van der Waals surface area contributed by atoms with E-state index < -0.39 is 14.9 Å². The molecule has 124 valence electrons. The first-order valence-corrected chi connectivity index (χ1v) is 8.36. The maximum Gasteiger partial charge on any atom is 0.273 e. The molecule has 0 aliphatic rings. The predicted octanol–water partition coefficient (Wildman–Crippen LogP) is 1.30. The first-order valence-electron chi connectivity index (χ1n) is 6.88. The van der Waals surface area contributed by atoms with Gasteiger partial charge in [-0.1, -0.05) is 0 Å². The van der Waals surface area contributed by atoms with Crippen molar-refractivity contribution in [2.24, 2.45) is 0 Å². The number of benzene rings is 1. The Morgan fingerprint density at radius 3 is 2.65 bits per heavy atom. The second kappa shape index (κ2) is 6.42. The summed E-state index contributed by atoms with van der Waals surface area (Å²) in [6, 6.07) is 2.48. The fraction of sp³-hybridized carbons (Fsp3) is 0.385. The molecule has 0 aliphatic carbocycles. The lowest BCUT2D eigenvalue weighted by molar-refractivity contribution is -0.385. The van der Waals surface area contributed by atoms with E-state index in [1.165, 1.54) is 12.4 Å². The van der Waals surface area contributed by atoms with Crippen LogP contribution in [0, 0.1) is 24.0 Å². The van der Waals surface area contributed by atoms with Crippen molar-refractivity contribution in [3.05, 3.63) is 45.5 Å². The maximum absolute atomic E-state index is 12.4. The molecule has 2 aromatic rings. The number of nitro groups is 1. The molecule has 1 aromatic heterocycles. The Balaban J connectivity index is 2.31. The smallest absolute Gasteiger partial charge is 0.273 e. The van der Waals surface area contributed by atoms with Gasteiger partial charge in [0.1, 0.15) is 12.2 Å². The summed E-state index contributed by atoms with van der Waals surface area (Å²) in [5, 5.41) is 18.6. The van der Waals surface area contributed by atoms with Crippen molar-refractivity contribution in [1.82, 2.24) is 19.5 Å². The number of hydrogen-bond donors (Lipinski definition) is 1. The Morgan fingerprint density at radius 1 is 1.35 bits per heavy atom. The van der Waals surface area contributed by atoms with Gasteiger partial charge >= 0.3 is 0 Å². The van der Waals surface area contributed by atoms with Gasteiger partial charge in [-0.3, -0.25) is 10.1 Å². The molecular weight excluding hydrogens is 322 g/mol. The zero-order valence-electron chi connectivity index (χ0n) is 13.0. The largest absolute Gasteiger partial charge is 0.317 e. The second-order valence-electron chi connectivity index (χ2n) is 5.00. The van der Waals surface area contributed by atoms with E-state index in [9.17, 15) is 18.5 Å². The lowest BCUT2D eigenvalue weighted by Gasteiger charge is -2.09. The van der Waals surface area contributed by atoms with Gasteiger partial charge in [0.2, 0.25) is 10.0 Å². The molecule has 1 N–H and O–H groups in total. The zero-order chi connectivity index (χ0) is 17.2. The fourth-order valence-electron chi connectivity index (χ4n) is 2.08. The zero-order valence-corrected chi connectivity index (χ0v) is 13.8. The molecule has 0 spiro atoms. The Kier molecular flexibility index (Phi) is 4.76. The molecule has 0 saturated carbocycles. The van der Waals surface area contributed by atoms with Gasteiger partial charge in [-0.15, -0.1) is 10.2 Å². The summed E-state index contributed by atoms with van der Waals surface area (Å²) in [6.45, 7) is 5.67. The van der Waals surface area contributed by atoms with E-state index in [-0.39, 0.29) is 17.1 Å². The van der Waals surface area contributed by atoms with Gasteiger partial charge in [-0.05, 0) is 32.4 Å². The van der Waals surface area contributed by atoms with Gasteiger partial charge < -0.3 is 4.57 Å². The summed E-state index contributed by atoms with van der Waals surface area (Å²) in [5.74, 6) is 0.467. The summed E-state index contributed by atoms with van der Waals surface area (Å²) in [6.07, 6.45) is 1.50. The minimum absolute atomic E-state index is 0.0447. The maximum atomic E-state index is 12.4. The first kappa shape index (κ1) is 17.0. The van der Waals surface area contributed by atoms with Gasteiger partial charge in [0.15, 0.2) is 0 Å². The molecule has 1 heterocycles. The number of aromatic nitrogens is 3. The van der Waals surface area contributed by atoms with E-state index in [0.29, 0.717) is 23.5 Å². The van der Waals surface area contributed by atoms with Crippen molar-refractivity contribution >= 4 is 15.7 Å². The molecule has 0 aliphatic heterocycles. The van der Waals surface area contributed by atoms with Gasteiger partial charge in [-0.2, -0.15) is 0 Å². The van der Waals surface area contributed by atoms with Crippen LogP contribution in [0.4, 0.5) is 5.69 Å². The number of nitrogens with zero attached hydrogens (tertiary/aromatic N) is 4. The Hall–Kier alpha value is -2.33. The van der Waals surface area contributed by atoms with Crippen LogP contribution in [0.1, 0.15) is 23.9 Å². The summed E-state index contributed by atoms with van der Waals surface area (Å²) < 4.78 is 28.8. The van der Waals surface area contributed by atoms with Gasteiger partial charge in [-0.25, -0.2) is 13.1 Å². The third-order valence-corrected chi connectivity index (χ3v) is 4.96. The molecule has 0 saturated heterocycles. The molecule has 10 heteroatoms. The number of nitro benzene ring substituents is 1. The van der Waals surface area contributed by atoms with Crippen LogP contribution in [0.25, 0.3) is 0 Å². The monoisotopic (exact) mass is 339 g/mol. The summed E-state index contributed by atoms with van der Waals surface area (Å²) in [4.78, 5) is 10.3. The van der Waals surface area contributed by atoms with Crippen LogP contribution in [0.5, 0.6) is 0 Å². The Bertz CT molecular complexity index is 844. The van der Waals surface area contributed by atoms with Gasteiger partial charge in [0.05, 0.1) is 16.4 Å². The van der Waals surface area contributed by atoms with Crippen LogP contribution in [0.3, 0.4) is 0 Å². The first-order chi connectivity index (χ1) is 10.8. The average Bonchev–Trinajstić information content (AvgIpc) is 2.95. The third kappa shape index (κ3) is 3.54. The highest BCUT2D eigenvalue weighted by Crippen LogP contribution is 2.25. The summed E-state index contributed by atoms with van der Waals surface area (Å²) in [5.41, 5.74) is 0.762. The van der Waals surface area contributed by atoms with Crippen LogP contribution in [0.15, 0.2) is 23.4 Å². The molecule has 0 fully saturated rings. The number of nitrogens with one attached hydrogen (secondary N) is 1. The molecule has 23 heavy (non-hydrogen) atoms. The van der Waals surface area contributed by atoms with Crippen LogP contribution in [-0.2, 0) is 23.1 Å². The standard InChI is InChI=1S/C13H17N5O4S/c1-4-17-8-14-16-13(17)7-15-23(21,22)11-5-9(2)10(3)12(6-11)18(19)20/h5-6,8,15H,4,7H2,1-3H3. The average molecular weight is 339 g/mol. The number of hydrogen-bond acceptors (Lipinski definition) is 6. The fourth-order valence-corrected chi connectivity index (χ4v) is 3.16. The number of rotatable bonds is 6. The van der Waals surface area contributed by atoms with Crippen LogP contribution < -0.4 is 4.72 Å².